The number of carboxylic acid groups (broad SMARTS) is 1. The lowest BCUT2D eigenvalue weighted by atomic mass is 10.0. The molecular weight excluding hydrogens is 252 g/mol. The molecular formula is C12H14N2O5. The molecule has 0 spiro atoms. The van der Waals surface area contributed by atoms with Crippen LogP contribution < -0.4 is 5.32 Å². The standard InChI is InChI=1S/C12H14N2O5/c1-8(15)13-11(12(16)17)7-4-9-2-5-10(6-3-9)14(18)19/h2-3,5-6,11H,4,7H2,1H3,(H,13,15)(H,16,17)/t11-/m1/s1. The molecule has 1 atom stereocenters. The van der Waals surface area contributed by atoms with E-state index >= 15 is 0 Å². The van der Waals surface area contributed by atoms with Crippen LogP contribution in [-0.2, 0) is 16.0 Å². The number of carboxylic acids is 1. The lowest BCUT2D eigenvalue weighted by Crippen LogP contribution is -2.39. The Morgan fingerprint density at radius 1 is 1.37 bits per heavy atom. The lowest BCUT2D eigenvalue weighted by molar-refractivity contribution is -0.384. The van der Waals surface area contributed by atoms with Gasteiger partial charge in [0.1, 0.15) is 6.04 Å². The maximum absolute atomic E-state index is 10.9. The van der Waals surface area contributed by atoms with Crippen molar-refractivity contribution in [3.8, 4) is 0 Å². The number of carbonyl (C=O) groups is 2. The van der Waals surface area contributed by atoms with E-state index in [-0.39, 0.29) is 12.1 Å². The van der Waals surface area contributed by atoms with Crippen molar-refractivity contribution in [2.24, 2.45) is 0 Å². The summed E-state index contributed by atoms with van der Waals surface area (Å²) < 4.78 is 0. The van der Waals surface area contributed by atoms with E-state index in [4.69, 9.17) is 5.11 Å². The van der Waals surface area contributed by atoms with Crippen LogP contribution in [0, 0.1) is 10.1 Å². The van der Waals surface area contributed by atoms with E-state index in [0.717, 1.165) is 5.56 Å². The van der Waals surface area contributed by atoms with Gasteiger partial charge < -0.3 is 10.4 Å². The number of aryl methyl sites for hydroxylation is 1. The molecule has 0 saturated heterocycles. The predicted molar refractivity (Wildman–Crippen MR) is 66.7 cm³/mol. The van der Waals surface area contributed by atoms with E-state index in [1.54, 1.807) is 12.1 Å². The smallest absolute Gasteiger partial charge is 0.326 e. The van der Waals surface area contributed by atoms with Gasteiger partial charge in [0.15, 0.2) is 0 Å². The van der Waals surface area contributed by atoms with Gasteiger partial charge in [-0.2, -0.15) is 0 Å². The molecule has 0 aliphatic carbocycles. The van der Waals surface area contributed by atoms with Crippen LogP contribution in [0.4, 0.5) is 5.69 Å². The first kappa shape index (κ1) is 14.6. The summed E-state index contributed by atoms with van der Waals surface area (Å²) in [6.45, 7) is 1.25. The molecule has 0 saturated carbocycles. The van der Waals surface area contributed by atoms with E-state index in [9.17, 15) is 19.7 Å². The largest absolute Gasteiger partial charge is 0.480 e. The predicted octanol–water partition coefficient (Wildman–Crippen LogP) is 1.12. The van der Waals surface area contributed by atoms with Gasteiger partial charge in [-0.25, -0.2) is 4.79 Å². The quantitative estimate of drug-likeness (QED) is 0.592. The Morgan fingerprint density at radius 3 is 2.37 bits per heavy atom. The maximum atomic E-state index is 10.9. The summed E-state index contributed by atoms with van der Waals surface area (Å²) in [6.07, 6.45) is 0.641. The van der Waals surface area contributed by atoms with Gasteiger partial charge in [-0.1, -0.05) is 12.1 Å². The first-order chi connectivity index (χ1) is 8.90. The molecule has 0 heterocycles. The number of aliphatic carboxylic acids is 1. The van der Waals surface area contributed by atoms with E-state index in [2.05, 4.69) is 5.32 Å². The van der Waals surface area contributed by atoms with Crippen molar-refractivity contribution in [2.45, 2.75) is 25.8 Å². The Bertz CT molecular complexity index is 483. The fourth-order valence-corrected chi connectivity index (χ4v) is 1.60. The molecule has 0 aliphatic rings. The average Bonchev–Trinajstić information content (AvgIpc) is 2.34. The Balaban J connectivity index is 2.61. The minimum absolute atomic E-state index is 0.0135. The lowest BCUT2D eigenvalue weighted by Gasteiger charge is -2.12. The Kier molecular flexibility index (Phi) is 4.99. The molecule has 102 valence electrons. The molecule has 19 heavy (non-hydrogen) atoms. The first-order valence-corrected chi connectivity index (χ1v) is 5.63. The highest BCUT2D eigenvalue weighted by atomic mass is 16.6. The van der Waals surface area contributed by atoms with Gasteiger partial charge >= 0.3 is 5.97 Å². The number of nitro groups is 1. The second kappa shape index (κ2) is 6.48. The average molecular weight is 266 g/mol. The number of non-ortho nitro benzene ring substituents is 1. The van der Waals surface area contributed by atoms with Crippen LogP contribution in [0.15, 0.2) is 24.3 Å². The molecule has 0 aliphatic heterocycles. The van der Waals surface area contributed by atoms with Crippen molar-refractivity contribution in [3.63, 3.8) is 0 Å². The first-order valence-electron chi connectivity index (χ1n) is 5.63. The minimum atomic E-state index is -1.10. The Morgan fingerprint density at radius 2 is 1.95 bits per heavy atom. The molecule has 1 rings (SSSR count). The Hall–Kier alpha value is -2.44. The van der Waals surface area contributed by atoms with Gasteiger partial charge in [-0.15, -0.1) is 0 Å². The van der Waals surface area contributed by atoms with Crippen molar-refractivity contribution in [3.05, 3.63) is 39.9 Å². The zero-order valence-corrected chi connectivity index (χ0v) is 10.3. The van der Waals surface area contributed by atoms with Crippen molar-refractivity contribution >= 4 is 17.6 Å². The molecule has 0 unspecified atom stereocenters. The SMILES string of the molecule is CC(=O)N[C@H](CCc1ccc([N+](=O)[O-])cc1)C(=O)O. The number of benzene rings is 1. The normalized spacial score (nSPS) is 11.6. The third-order valence-corrected chi connectivity index (χ3v) is 2.54. The summed E-state index contributed by atoms with van der Waals surface area (Å²) in [4.78, 5) is 31.7. The maximum Gasteiger partial charge on any atom is 0.326 e. The van der Waals surface area contributed by atoms with Gasteiger partial charge in [0.05, 0.1) is 4.92 Å². The number of hydrogen-bond donors (Lipinski definition) is 2. The van der Waals surface area contributed by atoms with Crippen LogP contribution in [0.25, 0.3) is 0 Å². The molecule has 7 nitrogen and oxygen atoms in total. The fourth-order valence-electron chi connectivity index (χ4n) is 1.60. The summed E-state index contributed by atoms with van der Waals surface area (Å²) in [5.41, 5.74) is 0.766. The fraction of sp³-hybridized carbons (Fsp3) is 0.333. The van der Waals surface area contributed by atoms with Crippen LogP contribution in [-0.4, -0.2) is 27.9 Å². The van der Waals surface area contributed by atoms with Crippen molar-refractivity contribution in [1.29, 1.82) is 0 Å². The summed E-state index contributed by atoms with van der Waals surface area (Å²) >= 11 is 0. The zero-order chi connectivity index (χ0) is 14.4. The van der Waals surface area contributed by atoms with Gasteiger partial charge in [0.25, 0.3) is 5.69 Å². The van der Waals surface area contributed by atoms with Gasteiger partial charge in [-0.3, -0.25) is 14.9 Å². The van der Waals surface area contributed by atoms with Crippen molar-refractivity contribution in [1.82, 2.24) is 5.32 Å². The number of hydrogen-bond acceptors (Lipinski definition) is 4. The zero-order valence-electron chi connectivity index (χ0n) is 10.3. The van der Waals surface area contributed by atoms with Crippen LogP contribution in [0.1, 0.15) is 18.9 Å². The highest BCUT2D eigenvalue weighted by Gasteiger charge is 2.18. The summed E-state index contributed by atoms with van der Waals surface area (Å²) in [6, 6.07) is 4.93. The number of nitro benzene ring substituents is 1. The molecule has 1 aromatic carbocycles. The molecule has 2 N–H and O–H groups in total. The molecule has 1 amide bonds. The third kappa shape index (κ3) is 4.74. The van der Waals surface area contributed by atoms with Crippen molar-refractivity contribution in [2.75, 3.05) is 0 Å². The minimum Gasteiger partial charge on any atom is -0.480 e. The van der Waals surface area contributed by atoms with Gasteiger partial charge in [0.2, 0.25) is 5.91 Å². The van der Waals surface area contributed by atoms with E-state index in [1.165, 1.54) is 19.1 Å². The number of nitrogens with zero attached hydrogens (tertiary/aromatic N) is 1. The number of nitrogens with one attached hydrogen (secondary N) is 1. The topological polar surface area (TPSA) is 110 Å². The molecule has 0 fully saturated rings. The van der Waals surface area contributed by atoms with E-state index < -0.39 is 22.8 Å². The van der Waals surface area contributed by atoms with Crippen LogP contribution in [0.2, 0.25) is 0 Å². The molecule has 0 radical (unpaired) electrons. The molecule has 7 heteroatoms. The second-order valence-corrected chi connectivity index (χ2v) is 4.05. The van der Waals surface area contributed by atoms with Gasteiger partial charge in [-0.05, 0) is 18.4 Å². The van der Waals surface area contributed by atoms with Crippen LogP contribution >= 0.6 is 0 Å². The van der Waals surface area contributed by atoms with Crippen LogP contribution in [0.5, 0.6) is 0 Å². The molecule has 0 aromatic heterocycles. The summed E-state index contributed by atoms with van der Waals surface area (Å²) in [7, 11) is 0. The highest BCUT2D eigenvalue weighted by molar-refractivity contribution is 5.82. The van der Waals surface area contributed by atoms with Gasteiger partial charge in [0, 0.05) is 19.1 Å². The molecule has 1 aromatic rings. The monoisotopic (exact) mass is 266 g/mol. The highest BCUT2D eigenvalue weighted by Crippen LogP contribution is 2.13. The second-order valence-electron chi connectivity index (χ2n) is 4.05. The van der Waals surface area contributed by atoms with E-state index in [1.807, 2.05) is 0 Å². The number of carbonyl (C=O) groups excluding carboxylic acids is 1. The Labute approximate surface area is 109 Å². The molecule has 0 bridgehead atoms. The van der Waals surface area contributed by atoms with Crippen LogP contribution in [0.3, 0.4) is 0 Å². The summed E-state index contributed by atoms with van der Waals surface area (Å²) in [5.74, 6) is -1.51. The van der Waals surface area contributed by atoms with E-state index in [0.29, 0.717) is 6.42 Å². The third-order valence-electron chi connectivity index (χ3n) is 2.54. The summed E-state index contributed by atoms with van der Waals surface area (Å²) in [5, 5.41) is 21.7. The van der Waals surface area contributed by atoms with Crippen molar-refractivity contribution < 1.29 is 19.6 Å². The number of rotatable bonds is 6. The number of amides is 1.